The Morgan fingerprint density at radius 1 is 1.07 bits per heavy atom. The van der Waals surface area contributed by atoms with E-state index in [0.29, 0.717) is 0 Å². The number of hydrogen-bond acceptors (Lipinski definition) is 4. The Kier molecular flexibility index (Phi) is 5.42. The lowest BCUT2D eigenvalue weighted by Crippen LogP contribution is -2.27. The van der Waals surface area contributed by atoms with E-state index in [-0.39, 0.29) is 6.09 Å². The summed E-state index contributed by atoms with van der Waals surface area (Å²) in [6, 6.07) is 11.9. The van der Waals surface area contributed by atoms with Crippen LogP contribution in [-0.2, 0) is 4.74 Å². The van der Waals surface area contributed by atoms with Crippen LogP contribution in [0.4, 0.5) is 4.79 Å². The minimum absolute atomic E-state index is 0.388. The molecule has 4 aromatic rings. The van der Waals surface area contributed by atoms with Crippen molar-refractivity contribution in [1.82, 2.24) is 9.55 Å². The molecule has 0 bridgehead atoms. The number of aliphatic hydroxyl groups is 1. The molecule has 3 heterocycles. The summed E-state index contributed by atoms with van der Waals surface area (Å²) in [5.41, 5.74) is 3.10. The summed E-state index contributed by atoms with van der Waals surface area (Å²) in [5, 5.41) is 8.90. The van der Waals surface area contributed by atoms with Crippen molar-refractivity contribution in [2.75, 3.05) is 7.11 Å². The molecule has 0 amide bonds. The first-order valence-corrected chi connectivity index (χ1v) is 8.97. The van der Waals surface area contributed by atoms with Crippen LogP contribution in [0, 0.1) is 0 Å². The molecule has 6 nitrogen and oxygen atoms in total. The van der Waals surface area contributed by atoms with Crippen molar-refractivity contribution in [3.8, 4) is 11.1 Å². The Morgan fingerprint density at radius 2 is 1.86 bits per heavy atom. The fourth-order valence-electron chi connectivity index (χ4n) is 3.12. The predicted molar refractivity (Wildman–Crippen MR) is 109 cm³/mol. The van der Waals surface area contributed by atoms with Crippen molar-refractivity contribution < 1.29 is 19.6 Å². The predicted octanol–water partition coefficient (Wildman–Crippen LogP) is 4.06. The van der Waals surface area contributed by atoms with Crippen LogP contribution >= 0.6 is 0 Å². The highest BCUT2D eigenvalue weighted by atomic mass is 16.6. The molecule has 28 heavy (non-hydrogen) atoms. The fourth-order valence-corrected chi connectivity index (χ4v) is 3.12. The van der Waals surface area contributed by atoms with Crippen LogP contribution in [0.25, 0.3) is 32.9 Å². The zero-order chi connectivity index (χ0) is 20.3. The van der Waals surface area contributed by atoms with Gasteiger partial charge in [0.25, 0.3) is 0 Å². The summed E-state index contributed by atoms with van der Waals surface area (Å²) in [6.45, 7) is 5.60. The molecule has 0 unspecified atom stereocenters. The van der Waals surface area contributed by atoms with Gasteiger partial charge in [0.15, 0.2) is 12.4 Å². The smallest absolute Gasteiger partial charge is 0.419 e. The summed E-state index contributed by atoms with van der Waals surface area (Å²) in [4.78, 5) is 20.2. The first kappa shape index (κ1) is 19.5. The number of rotatable bonds is 1. The molecule has 1 aromatic carbocycles. The van der Waals surface area contributed by atoms with E-state index in [2.05, 4.69) is 16.0 Å². The lowest BCUT2D eigenvalue weighted by Gasteiger charge is -2.20. The molecule has 3 aromatic heterocycles. The van der Waals surface area contributed by atoms with Crippen LogP contribution < -0.4 is 4.98 Å². The molecule has 0 saturated carbocycles. The number of nitrogens with one attached hydrogen (secondary N) is 1. The first-order chi connectivity index (χ1) is 13.4. The summed E-state index contributed by atoms with van der Waals surface area (Å²) in [7, 11) is 1.00. The molecule has 2 N–H and O–H groups in total. The highest BCUT2D eigenvalue weighted by molar-refractivity contribution is 6.12. The molecule has 4 rings (SSSR count). The summed E-state index contributed by atoms with van der Waals surface area (Å²) in [6.07, 6.45) is 6.89. The van der Waals surface area contributed by atoms with Gasteiger partial charge in [0, 0.05) is 41.9 Å². The van der Waals surface area contributed by atoms with E-state index in [1.165, 1.54) is 0 Å². The molecular weight excluding hydrogens is 354 g/mol. The molecule has 0 atom stereocenters. The molecule has 0 spiro atoms. The maximum atomic E-state index is 12.9. The average Bonchev–Trinajstić information content (AvgIpc) is 3.02. The Balaban J connectivity index is 0.00000109. The second kappa shape index (κ2) is 7.78. The molecule has 0 aliphatic carbocycles. The lowest BCUT2D eigenvalue weighted by molar-refractivity contribution is -0.377. The standard InChI is InChI=1S/C21H19N3O2.CH4O/c1-21(2,3)26-20(25)24-18-8-10-23-13-17(18)16-7-6-14(11-19(16)24)15-5-4-9-22-12-15;1-2/h4-13H,1-3H3;2H,1H3/p+1. The molecule has 0 saturated heterocycles. The van der Waals surface area contributed by atoms with Crippen LogP contribution in [0.3, 0.4) is 0 Å². The number of ether oxygens (including phenoxy) is 1. The van der Waals surface area contributed by atoms with Gasteiger partial charge >= 0.3 is 6.09 Å². The monoisotopic (exact) mass is 378 g/mol. The van der Waals surface area contributed by atoms with Gasteiger partial charge in [0.1, 0.15) is 5.60 Å². The number of aromatic nitrogens is 3. The molecule has 0 aliphatic heterocycles. The molecule has 6 heteroatoms. The maximum absolute atomic E-state index is 12.9. The number of carbonyl (C=O) groups is 1. The van der Waals surface area contributed by atoms with Gasteiger partial charge in [-0.05, 0) is 44.5 Å². The third-order valence-corrected chi connectivity index (χ3v) is 4.18. The van der Waals surface area contributed by atoms with Crippen molar-refractivity contribution in [3.05, 3.63) is 61.2 Å². The number of aliphatic hydroxyl groups excluding tert-OH is 1. The van der Waals surface area contributed by atoms with Gasteiger partial charge in [-0.15, -0.1) is 0 Å². The van der Waals surface area contributed by atoms with Crippen LogP contribution in [0.2, 0.25) is 0 Å². The first-order valence-electron chi connectivity index (χ1n) is 8.97. The molecule has 0 aliphatic rings. The SMILES string of the molecule is CC(C)(C)OC(=O)n1c2ccncc2c2ccc(-c3ccc[nH+]c3)cc21.CO. The van der Waals surface area contributed by atoms with Gasteiger partial charge in [0.05, 0.1) is 11.0 Å². The van der Waals surface area contributed by atoms with Crippen molar-refractivity contribution in [3.63, 3.8) is 0 Å². The van der Waals surface area contributed by atoms with Crippen molar-refractivity contribution in [2.45, 2.75) is 26.4 Å². The molecule has 0 radical (unpaired) electrons. The molecule has 0 fully saturated rings. The quantitative estimate of drug-likeness (QED) is 0.542. The zero-order valence-corrected chi connectivity index (χ0v) is 16.4. The van der Waals surface area contributed by atoms with E-state index in [0.717, 1.165) is 40.0 Å². The normalized spacial score (nSPS) is 11.2. The number of nitrogens with zero attached hydrogens (tertiary/aromatic N) is 2. The third-order valence-electron chi connectivity index (χ3n) is 4.18. The van der Waals surface area contributed by atoms with Crippen molar-refractivity contribution in [1.29, 1.82) is 0 Å². The molecular formula is C22H24N3O3+. The van der Waals surface area contributed by atoms with Gasteiger partial charge in [-0.25, -0.2) is 14.3 Å². The van der Waals surface area contributed by atoms with E-state index in [9.17, 15) is 4.79 Å². The minimum atomic E-state index is -0.570. The Labute approximate surface area is 163 Å². The van der Waals surface area contributed by atoms with Crippen molar-refractivity contribution in [2.24, 2.45) is 0 Å². The number of hydrogen-bond donors (Lipinski definition) is 1. The average molecular weight is 378 g/mol. The summed E-state index contributed by atoms with van der Waals surface area (Å²) < 4.78 is 7.27. The largest absolute Gasteiger partial charge is 0.443 e. The number of fused-ring (bicyclic) bond motifs is 3. The van der Waals surface area contributed by atoms with Crippen LogP contribution in [-0.4, -0.2) is 33.5 Å². The van der Waals surface area contributed by atoms with Crippen LogP contribution in [0.15, 0.2) is 61.2 Å². The van der Waals surface area contributed by atoms with E-state index in [1.54, 1.807) is 17.0 Å². The van der Waals surface area contributed by atoms with Gasteiger partial charge in [0.2, 0.25) is 0 Å². The van der Waals surface area contributed by atoms with E-state index < -0.39 is 5.60 Å². The number of H-pyrrole nitrogens is 1. The number of benzene rings is 1. The van der Waals surface area contributed by atoms with E-state index in [4.69, 9.17) is 9.84 Å². The Hall–Kier alpha value is -3.25. The van der Waals surface area contributed by atoms with Crippen molar-refractivity contribution >= 4 is 27.9 Å². The highest BCUT2D eigenvalue weighted by Gasteiger charge is 2.22. The highest BCUT2D eigenvalue weighted by Crippen LogP contribution is 2.32. The maximum Gasteiger partial charge on any atom is 0.419 e. The second-order valence-electron chi connectivity index (χ2n) is 7.23. The number of aromatic amines is 1. The fraction of sp³-hybridized carbons (Fsp3) is 0.227. The lowest BCUT2D eigenvalue weighted by atomic mass is 10.1. The van der Waals surface area contributed by atoms with E-state index in [1.807, 2.05) is 63.5 Å². The minimum Gasteiger partial charge on any atom is -0.443 e. The Morgan fingerprint density at radius 3 is 2.54 bits per heavy atom. The summed E-state index contributed by atoms with van der Waals surface area (Å²) >= 11 is 0. The second-order valence-corrected chi connectivity index (χ2v) is 7.23. The zero-order valence-electron chi connectivity index (χ0n) is 16.4. The van der Waals surface area contributed by atoms with Gasteiger partial charge < -0.3 is 9.84 Å². The van der Waals surface area contributed by atoms with Gasteiger partial charge in [-0.2, -0.15) is 0 Å². The molecule has 144 valence electrons. The van der Waals surface area contributed by atoms with Gasteiger partial charge in [-0.3, -0.25) is 4.98 Å². The van der Waals surface area contributed by atoms with Gasteiger partial charge in [-0.1, -0.05) is 12.1 Å². The summed E-state index contributed by atoms with van der Waals surface area (Å²) in [5.74, 6) is 0. The van der Waals surface area contributed by atoms with Crippen LogP contribution in [0.5, 0.6) is 0 Å². The number of pyridine rings is 2. The third kappa shape index (κ3) is 3.73. The van der Waals surface area contributed by atoms with E-state index >= 15 is 0 Å². The number of carbonyl (C=O) groups excluding carboxylic acids is 1. The topological polar surface area (TPSA) is 78.5 Å². The Bertz CT molecular complexity index is 1110. The van der Waals surface area contributed by atoms with Crippen LogP contribution in [0.1, 0.15) is 20.8 Å².